The van der Waals surface area contributed by atoms with Crippen LogP contribution in [0.1, 0.15) is 16.8 Å². The third-order valence-electron chi connectivity index (χ3n) is 4.81. The van der Waals surface area contributed by atoms with Crippen LogP contribution in [-0.4, -0.2) is 45.6 Å². The van der Waals surface area contributed by atoms with Crippen molar-refractivity contribution in [2.75, 3.05) is 20.8 Å². The number of rotatable bonds is 5. The molecule has 0 amide bonds. The number of H-pyrrole nitrogens is 1. The van der Waals surface area contributed by atoms with Crippen LogP contribution in [0.3, 0.4) is 0 Å². The average Bonchev–Trinajstić information content (AvgIpc) is 2.74. The molecule has 0 unspecified atom stereocenters. The molecule has 3 aromatic rings. The van der Waals surface area contributed by atoms with E-state index in [1.807, 2.05) is 18.2 Å². The number of aromatic amines is 1. The maximum atomic E-state index is 12.6. The first-order chi connectivity index (χ1) is 13.7. The highest BCUT2D eigenvalue weighted by Gasteiger charge is 2.22. The molecular formula is C20H21N5O3. The zero-order chi connectivity index (χ0) is 19.5. The summed E-state index contributed by atoms with van der Waals surface area (Å²) in [5, 5.41) is 0. The lowest BCUT2D eigenvalue weighted by Crippen LogP contribution is -2.35. The summed E-state index contributed by atoms with van der Waals surface area (Å²) in [4.78, 5) is 30.6. The third kappa shape index (κ3) is 3.59. The number of nitrogens with zero attached hydrogens (tertiary/aromatic N) is 4. The fourth-order valence-electron chi connectivity index (χ4n) is 3.40. The summed E-state index contributed by atoms with van der Waals surface area (Å²) >= 11 is 0. The van der Waals surface area contributed by atoms with Gasteiger partial charge >= 0.3 is 0 Å². The highest BCUT2D eigenvalue weighted by Crippen LogP contribution is 2.28. The number of aromatic nitrogens is 4. The molecule has 2 aromatic heterocycles. The van der Waals surface area contributed by atoms with Gasteiger partial charge < -0.3 is 14.5 Å². The maximum absolute atomic E-state index is 12.6. The van der Waals surface area contributed by atoms with Crippen molar-refractivity contribution in [2.45, 2.75) is 19.5 Å². The van der Waals surface area contributed by atoms with Crippen molar-refractivity contribution in [3.05, 3.63) is 64.0 Å². The lowest BCUT2D eigenvalue weighted by Gasteiger charge is -2.27. The average molecular weight is 379 g/mol. The Kier molecular flexibility index (Phi) is 5.03. The number of hydrogen-bond donors (Lipinski definition) is 1. The van der Waals surface area contributed by atoms with E-state index >= 15 is 0 Å². The van der Waals surface area contributed by atoms with E-state index in [0.717, 1.165) is 17.8 Å². The largest absolute Gasteiger partial charge is 0.493 e. The second kappa shape index (κ2) is 7.77. The molecule has 0 saturated carbocycles. The molecule has 8 nitrogen and oxygen atoms in total. The van der Waals surface area contributed by atoms with E-state index in [9.17, 15) is 4.79 Å². The topological polar surface area (TPSA) is 93.2 Å². The van der Waals surface area contributed by atoms with Gasteiger partial charge in [0.1, 0.15) is 5.69 Å². The highest BCUT2D eigenvalue weighted by molar-refractivity contribution is 5.47. The molecular weight excluding hydrogens is 358 g/mol. The molecule has 4 rings (SSSR count). The van der Waals surface area contributed by atoms with Crippen molar-refractivity contribution in [3.8, 4) is 23.0 Å². The van der Waals surface area contributed by atoms with Crippen LogP contribution in [-0.2, 0) is 19.5 Å². The first-order valence-electron chi connectivity index (χ1n) is 8.99. The van der Waals surface area contributed by atoms with Crippen LogP contribution in [0.15, 0.2) is 41.6 Å². The van der Waals surface area contributed by atoms with Crippen LogP contribution in [0, 0.1) is 0 Å². The van der Waals surface area contributed by atoms with E-state index in [-0.39, 0.29) is 5.56 Å². The molecule has 28 heavy (non-hydrogen) atoms. The van der Waals surface area contributed by atoms with Crippen molar-refractivity contribution in [1.82, 2.24) is 24.8 Å². The summed E-state index contributed by atoms with van der Waals surface area (Å²) in [6.07, 6.45) is 5.47. The second-order valence-corrected chi connectivity index (χ2v) is 6.58. The molecule has 1 N–H and O–H groups in total. The van der Waals surface area contributed by atoms with Crippen LogP contribution in [0.4, 0.5) is 0 Å². The molecule has 1 aliphatic heterocycles. The second-order valence-electron chi connectivity index (χ2n) is 6.58. The normalized spacial score (nSPS) is 13.8. The van der Waals surface area contributed by atoms with Gasteiger partial charge in [0.2, 0.25) is 0 Å². The first-order valence-corrected chi connectivity index (χ1v) is 8.99. The fraction of sp³-hybridized carbons (Fsp3) is 0.300. The minimum Gasteiger partial charge on any atom is -0.493 e. The zero-order valence-corrected chi connectivity index (χ0v) is 15.8. The van der Waals surface area contributed by atoms with Crippen molar-refractivity contribution >= 4 is 0 Å². The van der Waals surface area contributed by atoms with Gasteiger partial charge in [-0.25, -0.2) is 9.97 Å². The Morgan fingerprint density at radius 1 is 1.18 bits per heavy atom. The van der Waals surface area contributed by atoms with Gasteiger partial charge in [0.25, 0.3) is 5.56 Å². The highest BCUT2D eigenvalue weighted by atomic mass is 16.5. The Balaban J connectivity index is 1.55. The zero-order valence-electron chi connectivity index (χ0n) is 15.8. The Labute approximate surface area is 162 Å². The van der Waals surface area contributed by atoms with Gasteiger partial charge in [-0.15, -0.1) is 0 Å². The molecule has 0 radical (unpaired) electrons. The molecule has 0 bridgehead atoms. The number of fused-ring (bicyclic) bond motifs is 1. The predicted molar refractivity (Wildman–Crippen MR) is 103 cm³/mol. The van der Waals surface area contributed by atoms with Crippen molar-refractivity contribution < 1.29 is 9.47 Å². The van der Waals surface area contributed by atoms with Crippen LogP contribution in [0.2, 0.25) is 0 Å². The Bertz CT molecular complexity index is 1040. The molecule has 0 spiro atoms. The van der Waals surface area contributed by atoms with Crippen molar-refractivity contribution in [2.24, 2.45) is 0 Å². The molecule has 0 fully saturated rings. The summed E-state index contributed by atoms with van der Waals surface area (Å²) in [6, 6.07) is 5.87. The summed E-state index contributed by atoms with van der Waals surface area (Å²) in [5.74, 6) is 1.86. The van der Waals surface area contributed by atoms with Gasteiger partial charge in [-0.2, -0.15) is 0 Å². The molecule has 1 aliphatic rings. The van der Waals surface area contributed by atoms with Gasteiger partial charge in [0, 0.05) is 38.4 Å². The number of methoxy groups -OCH3 is 2. The van der Waals surface area contributed by atoms with Crippen molar-refractivity contribution in [1.29, 1.82) is 0 Å². The number of hydrogen-bond acceptors (Lipinski definition) is 7. The minimum atomic E-state index is -0.123. The third-order valence-corrected chi connectivity index (χ3v) is 4.81. The molecule has 144 valence electrons. The van der Waals surface area contributed by atoms with E-state index < -0.39 is 0 Å². The number of ether oxygens (including phenoxy) is 2. The van der Waals surface area contributed by atoms with Crippen molar-refractivity contribution in [3.63, 3.8) is 0 Å². The monoisotopic (exact) mass is 379 g/mol. The summed E-state index contributed by atoms with van der Waals surface area (Å²) in [7, 11) is 3.24. The van der Waals surface area contributed by atoms with E-state index in [0.29, 0.717) is 48.1 Å². The van der Waals surface area contributed by atoms with Crippen LogP contribution in [0.25, 0.3) is 11.5 Å². The number of nitrogens with one attached hydrogen (secondary N) is 1. The molecule has 3 heterocycles. The van der Waals surface area contributed by atoms with Gasteiger partial charge in [0.15, 0.2) is 17.3 Å². The van der Waals surface area contributed by atoms with Gasteiger partial charge in [0.05, 0.1) is 31.7 Å². The lowest BCUT2D eigenvalue weighted by atomic mass is 10.1. The molecule has 0 aliphatic carbocycles. The molecule has 0 atom stereocenters. The molecule has 1 aromatic carbocycles. The van der Waals surface area contributed by atoms with Crippen LogP contribution < -0.4 is 15.0 Å². The lowest BCUT2D eigenvalue weighted by molar-refractivity contribution is 0.241. The Hall–Kier alpha value is -3.26. The SMILES string of the molecule is COc1ccc(CN2CCc3nc(-c4cnccn4)[nH]c(=O)c3C2)cc1OC. The van der Waals surface area contributed by atoms with Crippen LogP contribution >= 0.6 is 0 Å². The van der Waals surface area contributed by atoms with E-state index in [2.05, 4.69) is 24.8 Å². The summed E-state index contributed by atoms with van der Waals surface area (Å²) in [6.45, 7) is 2.08. The molecule has 8 heteroatoms. The molecule has 0 saturated heterocycles. The standard InChI is InChI=1S/C20H21N5O3/c1-27-17-4-3-13(9-18(17)28-2)11-25-8-5-15-14(12-25)20(26)24-19(23-15)16-10-21-6-7-22-16/h3-4,6-7,9-10H,5,8,11-12H2,1-2H3,(H,23,24,26). The fourth-order valence-corrected chi connectivity index (χ4v) is 3.40. The summed E-state index contributed by atoms with van der Waals surface area (Å²) < 4.78 is 10.7. The van der Waals surface area contributed by atoms with Gasteiger partial charge in [-0.1, -0.05) is 6.07 Å². The van der Waals surface area contributed by atoms with E-state index in [1.54, 1.807) is 32.8 Å². The Morgan fingerprint density at radius 2 is 2.04 bits per heavy atom. The van der Waals surface area contributed by atoms with Gasteiger partial charge in [-0.05, 0) is 17.7 Å². The first kappa shape index (κ1) is 18.1. The predicted octanol–water partition coefficient (Wildman–Crippen LogP) is 1.80. The smallest absolute Gasteiger partial charge is 0.255 e. The quantitative estimate of drug-likeness (QED) is 0.722. The number of benzene rings is 1. The van der Waals surface area contributed by atoms with E-state index in [4.69, 9.17) is 9.47 Å². The van der Waals surface area contributed by atoms with Crippen LogP contribution in [0.5, 0.6) is 11.5 Å². The minimum absolute atomic E-state index is 0.123. The Morgan fingerprint density at radius 3 is 2.79 bits per heavy atom. The maximum Gasteiger partial charge on any atom is 0.255 e. The van der Waals surface area contributed by atoms with Gasteiger partial charge in [-0.3, -0.25) is 14.7 Å². The van der Waals surface area contributed by atoms with E-state index in [1.165, 1.54) is 0 Å². The summed E-state index contributed by atoms with van der Waals surface area (Å²) in [5.41, 5.74) is 3.08.